The summed E-state index contributed by atoms with van der Waals surface area (Å²) in [6.07, 6.45) is 3.61. The lowest BCUT2D eigenvalue weighted by molar-refractivity contribution is 0.161. The molecule has 2 aliphatic rings. The van der Waals surface area contributed by atoms with Crippen LogP contribution in [-0.2, 0) is 0 Å². The largest absolute Gasteiger partial charge is 0.485 e. The minimum Gasteiger partial charge on any atom is -0.485 e. The van der Waals surface area contributed by atoms with Gasteiger partial charge in [0.15, 0.2) is 0 Å². The van der Waals surface area contributed by atoms with E-state index >= 15 is 0 Å². The molecule has 0 spiro atoms. The number of aryl methyl sites for hydroxylation is 1. The van der Waals surface area contributed by atoms with E-state index in [0.717, 1.165) is 23.7 Å². The van der Waals surface area contributed by atoms with E-state index in [2.05, 4.69) is 49.4 Å². The summed E-state index contributed by atoms with van der Waals surface area (Å²) in [6.45, 7) is 2.09. The Balaban J connectivity index is 1.60. The summed E-state index contributed by atoms with van der Waals surface area (Å²) in [6, 6.07) is 15.3. The van der Waals surface area contributed by atoms with Gasteiger partial charge in [-0.1, -0.05) is 42.0 Å². The molecule has 0 radical (unpaired) electrons. The van der Waals surface area contributed by atoms with Crippen LogP contribution in [0.1, 0.15) is 59.6 Å². The first-order valence-corrected chi connectivity index (χ1v) is 7.83. The van der Waals surface area contributed by atoms with Crippen LogP contribution in [0.25, 0.3) is 0 Å². The van der Waals surface area contributed by atoms with Crippen molar-refractivity contribution < 1.29 is 4.74 Å². The zero-order valence-electron chi connectivity index (χ0n) is 12.4. The summed E-state index contributed by atoms with van der Waals surface area (Å²) in [7, 11) is 0. The van der Waals surface area contributed by atoms with Crippen LogP contribution >= 0.6 is 0 Å². The minimum atomic E-state index is 0.0572. The van der Waals surface area contributed by atoms with Crippen molar-refractivity contribution in [1.29, 1.82) is 0 Å². The molecule has 2 atom stereocenters. The number of benzene rings is 2. The zero-order valence-corrected chi connectivity index (χ0v) is 12.4. The van der Waals surface area contributed by atoms with Crippen molar-refractivity contribution >= 4 is 0 Å². The van der Waals surface area contributed by atoms with Crippen LogP contribution in [0, 0.1) is 6.92 Å². The number of hydrogen-bond acceptors (Lipinski definition) is 2. The van der Waals surface area contributed by atoms with Gasteiger partial charge in [-0.05, 0) is 42.9 Å². The van der Waals surface area contributed by atoms with Gasteiger partial charge < -0.3 is 10.5 Å². The van der Waals surface area contributed by atoms with Crippen LogP contribution in [0.3, 0.4) is 0 Å². The van der Waals surface area contributed by atoms with Crippen LogP contribution in [0.4, 0.5) is 0 Å². The summed E-state index contributed by atoms with van der Waals surface area (Å²) < 4.78 is 6.18. The quantitative estimate of drug-likeness (QED) is 0.884. The molecule has 0 amide bonds. The fourth-order valence-corrected chi connectivity index (χ4v) is 3.23. The second-order valence-electron chi connectivity index (χ2n) is 6.43. The summed E-state index contributed by atoms with van der Waals surface area (Å²) >= 11 is 0. The molecule has 0 bridgehead atoms. The van der Waals surface area contributed by atoms with Crippen molar-refractivity contribution in [3.05, 3.63) is 64.7 Å². The highest BCUT2D eigenvalue weighted by molar-refractivity contribution is 5.42. The molecule has 2 unspecified atom stereocenters. The highest BCUT2D eigenvalue weighted by atomic mass is 16.5. The van der Waals surface area contributed by atoms with Crippen LogP contribution in [0.2, 0.25) is 0 Å². The fourth-order valence-electron chi connectivity index (χ4n) is 3.23. The molecule has 1 saturated carbocycles. The molecule has 0 aromatic heterocycles. The third kappa shape index (κ3) is 2.44. The summed E-state index contributed by atoms with van der Waals surface area (Å²) in [5, 5.41) is 0. The third-order valence-electron chi connectivity index (χ3n) is 4.66. The van der Waals surface area contributed by atoms with Gasteiger partial charge in [-0.15, -0.1) is 0 Å². The van der Waals surface area contributed by atoms with Crippen molar-refractivity contribution in [1.82, 2.24) is 0 Å². The Morgan fingerprint density at radius 1 is 1.00 bits per heavy atom. The van der Waals surface area contributed by atoms with Crippen LogP contribution in [0.15, 0.2) is 42.5 Å². The Kier molecular flexibility index (Phi) is 3.00. The van der Waals surface area contributed by atoms with E-state index in [1.54, 1.807) is 0 Å². The first-order chi connectivity index (χ1) is 10.2. The monoisotopic (exact) mass is 279 g/mol. The van der Waals surface area contributed by atoms with Gasteiger partial charge >= 0.3 is 0 Å². The molecule has 1 heterocycles. The molecule has 108 valence electrons. The number of ether oxygens (including phenoxy) is 1. The lowest BCUT2D eigenvalue weighted by Crippen LogP contribution is -2.24. The molecule has 4 rings (SSSR count). The van der Waals surface area contributed by atoms with E-state index in [0.29, 0.717) is 0 Å². The normalized spacial score (nSPS) is 24.3. The Morgan fingerprint density at radius 2 is 1.71 bits per heavy atom. The first-order valence-electron chi connectivity index (χ1n) is 7.83. The highest BCUT2D eigenvalue weighted by Gasteiger charge is 2.28. The first kappa shape index (κ1) is 12.9. The summed E-state index contributed by atoms with van der Waals surface area (Å²) in [4.78, 5) is 0. The van der Waals surface area contributed by atoms with Gasteiger partial charge in [0.05, 0.1) is 0 Å². The molecule has 2 N–H and O–H groups in total. The van der Waals surface area contributed by atoms with Crippen LogP contribution in [-0.4, -0.2) is 0 Å². The number of nitrogens with two attached hydrogens (primary N) is 1. The Bertz CT molecular complexity index is 658. The maximum atomic E-state index is 6.35. The Morgan fingerprint density at radius 3 is 2.43 bits per heavy atom. The summed E-state index contributed by atoms with van der Waals surface area (Å²) in [5.41, 5.74) is 11.4. The van der Waals surface area contributed by atoms with E-state index in [1.165, 1.54) is 29.5 Å². The Labute approximate surface area is 125 Å². The highest BCUT2D eigenvalue weighted by Crippen LogP contribution is 2.42. The minimum absolute atomic E-state index is 0.0572. The van der Waals surface area contributed by atoms with Crippen molar-refractivity contribution in [2.45, 2.75) is 44.2 Å². The van der Waals surface area contributed by atoms with Crippen molar-refractivity contribution in [2.24, 2.45) is 5.73 Å². The molecule has 0 saturated heterocycles. The molecule has 21 heavy (non-hydrogen) atoms. The van der Waals surface area contributed by atoms with Crippen molar-refractivity contribution in [2.75, 3.05) is 0 Å². The van der Waals surface area contributed by atoms with E-state index in [9.17, 15) is 0 Å². The summed E-state index contributed by atoms with van der Waals surface area (Å²) in [5.74, 6) is 1.74. The van der Waals surface area contributed by atoms with Gasteiger partial charge in [0.2, 0.25) is 0 Å². The van der Waals surface area contributed by atoms with Crippen LogP contribution in [0.5, 0.6) is 5.75 Å². The smallest absolute Gasteiger partial charge is 0.126 e. The zero-order chi connectivity index (χ0) is 14.4. The maximum Gasteiger partial charge on any atom is 0.126 e. The molecule has 2 aromatic carbocycles. The van der Waals surface area contributed by atoms with Crippen molar-refractivity contribution in [3.63, 3.8) is 0 Å². The van der Waals surface area contributed by atoms with Crippen LogP contribution < -0.4 is 10.5 Å². The van der Waals surface area contributed by atoms with Gasteiger partial charge in [0, 0.05) is 18.0 Å². The molecule has 1 aliphatic heterocycles. The predicted molar refractivity (Wildman–Crippen MR) is 84.5 cm³/mol. The topological polar surface area (TPSA) is 35.2 Å². The van der Waals surface area contributed by atoms with Gasteiger partial charge in [-0.3, -0.25) is 0 Å². The lowest BCUT2D eigenvalue weighted by atomic mass is 9.92. The average molecular weight is 279 g/mol. The molecule has 1 fully saturated rings. The molecular formula is C19H21NO. The maximum absolute atomic E-state index is 6.35. The van der Waals surface area contributed by atoms with Gasteiger partial charge in [-0.25, -0.2) is 0 Å². The van der Waals surface area contributed by atoms with E-state index in [1.807, 2.05) is 0 Å². The standard InChI is InChI=1S/C19H21NO/c1-12-2-9-18-16(10-12)17(20)11-19(21-18)15-7-5-14(6-8-15)13-3-4-13/h2,5-10,13,17,19H,3-4,11,20H2,1H3. The second-order valence-corrected chi connectivity index (χ2v) is 6.43. The molecular weight excluding hydrogens is 258 g/mol. The second kappa shape index (κ2) is 4.88. The average Bonchev–Trinajstić information content (AvgIpc) is 3.33. The van der Waals surface area contributed by atoms with Crippen molar-refractivity contribution in [3.8, 4) is 5.75 Å². The number of fused-ring (bicyclic) bond motifs is 1. The van der Waals surface area contributed by atoms with Gasteiger partial charge in [-0.2, -0.15) is 0 Å². The van der Waals surface area contributed by atoms with E-state index < -0.39 is 0 Å². The Hall–Kier alpha value is -1.80. The third-order valence-corrected chi connectivity index (χ3v) is 4.66. The molecule has 1 aliphatic carbocycles. The molecule has 2 nitrogen and oxygen atoms in total. The fraction of sp³-hybridized carbons (Fsp3) is 0.368. The van der Waals surface area contributed by atoms with E-state index in [-0.39, 0.29) is 12.1 Å². The van der Waals surface area contributed by atoms with Gasteiger partial charge in [0.1, 0.15) is 11.9 Å². The van der Waals surface area contributed by atoms with Gasteiger partial charge in [0.25, 0.3) is 0 Å². The number of rotatable bonds is 2. The molecule has 2 heteroatoms. The SMILES string of the molecule is Cc1ccc2c(c1)C(N)CC(c1ccc(C3CC3)cc1)O2. The predicted octanol–water partition coefficient (Wildman–Crippen LogP) is 4.40. The lowest BCUT2D eigenvalue weighted by Gasteiger charge is -2.31. The molecule has 2 aromatic rings. The van der Waals surface area contributed by atoms with E-state index in [4.69, 9.17) is 10.5 Å². The number of hydrogen-bond donors (Lipinski definition) is 1.